The van der Waals surface area contributed by atoms with Gasteiger partial charge in [0, 0.05) is 23.5 Å². The Morgan fingerprint density at radius 3 is 3.07 bits per heavy atom. The molecule has 0 amide bonds. The van der Waals surface area contributed by atoms with Gasteiger partial charge in [-0.25, -0.2) is 0 Å². The molecule has 0 saturated carbocycles. The normalized spacial score (nSPS) is 13.3. The van der Waals surface area contributed by atoms with Crippen molar-refractivity contribution < 1.29 is 5.11 Å². The van der Waals surface area contributed by atoms with Crippen LogP contribution in [-0.4, -0.2) is 21.3 Å². The predicted molar refractivity (Wildman–Crippen MR) is 55.1 cm³/mol. The molecule has 0 aliphatic heterocycles. The van der Waals surface area contributed by atoms with E-state index in [2.05, 4.69) is 10.2 Å². The zero-order chi connectivity index (χ0) is 10.1. The van der Waals surface area contributed by atoms with Gasteiger partial charge in [0.15, 0.2) is 0 Å². The van der Waals surface area contributed by atoms with E-state index in [4.69, 9.17) is 5.73 Å². The number of hydrogen-bond acceptors (Lipinski definition) is 3. The van der Waals surface area contributed by atoms with Gasteiger partial charge in [-0.1, -0.05) is 12.1 Å². The van der Waals surface area contributed by atoms with Crippen molar-refractivity contribution in [1.82, 2.24) is 10.2 Å². The fraction of sp³-hybridized carbons (Fsp3) is 0.300. The minimum atomic E-state index is 0.0843. The monoisotopic (exact) mass is 191 g/mol. The third kappa shape index (κ3) is 1.44. The number of para-hydroxylation sites is 1. The van der Waals surface area contributed by atoms with Gasteiger partial charge in [-0.15, -0.1) is 0 Å². The van der Waals surface area contributed by atoms with E-state index in [1.54, 1.807) is 12.1 Å². The average molecular weight is 191 g/mol. The number of aromatic amines is 1. The van der Waals surface area contributed by atoms with Crippen molar-refractivity contribution in [2.24, 2.45) is 5.73 Å². The lowest BCUT2D eigenvalue weighted by atomic mass is 10.1. The molecule has 0 radical (unpaired) electrons. The Bertz CT molecular complexity index is 448. The van der Waals surface area contributed by atoms with Gasteiger partial charge in [-0.05, 0) is 13.0 Å². The lowest BCUT2D eigenvalue weighted by Gasteiger charge is -2.02. The first-order valence-electron chi connectivity index (χ1n) is 4.59. The standard InChI is InChI=1S/C10H13N3O/c1-6(11)5-8-7-3-2-4-9(14)10(7)13-12-8/h2-4,6,14H,5,11H2,1H3,(H,12,13). The Kier molecular flexibility index (Phi) is 2.13. The van der Waals surface area contributed by atoms with E-state index in [1.807, 2.05) is 13.0 Å². The van der Waals surface area contributed by atoms with E-state index < -0.39 is 0 Å². The maximum atomic E-state index is 9.50. The van der Waals surface area contributed by atoms with Crippen LogP contribution in [0.2, 0.25) is 0 Å². The largest absolute Gasteiger partial charge is 0.506 e. The second kappa shape index (κ2) is 3.31. The minimum absolute atomic E-state index is 0.0843. The van der Waals surface area contributed by atoms with Crippen molar-refractivity contribution in [2.75, 3.05) is 0 Å². The second-order valence-corrected chi connectivity index (χ2v) is 3.56. The summed E-state index contributed by atoms with van der Waals surface area (Å²) >= 11 is 0. The topological polar surface area (TPSA) is 74.9 Å². The Hall–Kier alpha value is -1.55. The molecule has 1 heterocycles. The van der Waals surface area contributed by atoms with Crippen molar-refractivity contribution in [3.63, 3.8) is 0 Å². The maximum Gasteiger partial charge on any atom is 0.143 e. The highest BCUT2D eigenvalue weighted by atomic mass is 16.3. The summed E-state index contributed by atoms with van der Waals surface area (Å²) in [6.45, 7) is 1.94. The van der Waals surface area contributed by atoms with Crippen LogP contribution in [0.15, 0.2) is 18.2 Å². The lowest BCUT2D eigenvalue weighted by Crippen LogP contribution is -2.18. The molecule has 1 aromatic carbocycles. The molecule has 0 bridgehead atoms. The van der Waals surface area contributed by atoms with E-state index in [1.165, 1.54) is 0 Å². The number of hydrogen-bond donors (Lipinski definition) is 3. The van der Waals surface area contributed by atoms with Gasteiger partial charge in [0.05, 0.1) is 0 Å². The highest BCUT2D eigenvalue weighted by molar-refractivity contribution is 5.86. The van der Waals surface area contributed by atoms with Gasteiger partial charge in [-0.3, -0.25) is 5.10 Å². The number of aromatic hydroxyl groups is 1. The van der Waals surface area contributed by atoms with Gasteiger partial charge in [0.25, 0.3) is 0 Å². The smallest absolute Gasteiger partial charge is 0.143 e. The molecule has 0 saturated heterocycles. The summed E-state index contributed by atoms with van der Waals surface area (Å²) in [5, 5.41) is 17.4. The summed E-state index contributed by atoms with van der Waals surface area (Å²) in [6.07, 6.45) is 0.736. The summed E-state index contributed by atoms with van der Waals surface area (Å²) in [5.74, 6) is 0.203. The number of nitrogens with two attached hydrogens (primary N) is 1. The average Bonchev–Trinajstić information content (AvgIpc) is 2.49. The summed E-state index contributed by atoms with van der Waals surface area (Å²) in [6, 6.07) is 5.44. The van der Waals surface area contributed by atoms with E-state index in [9.17, 15) is 5.11 Å². The number of benzene rings is 1. The minimum Gasteiger partial charge on any atom is -0.506 e. The first-order valence-corrected chi connectivity index (χ1v) is 4.59. The molecule has 0 spiro atoms. The molecule has 4 heteroatoms. The van der Waals surface area contributed by atoms with Crippen LogP contribution in [0.4, 0.5) is 0 Å². The Labute approximate surface area is 81.7 Å². The molecular formula is C10H13N3O. The Balaban J connectivity index is 2.52. The molecule has 2 aromatic rings. The lowest BCUT2D eigenvalue weighted by molar-refractivity contribution is 0.480. The molecule has 1 atom stereocenters. The van der Waals surface area contributed by atoms with Gasteiger partial charge in [0.2, 0.25) is 0 Å². The highest BCUT2D eigenvalue weighted by Gasteiger charge is 2.09. The third-order valence-corrected chi connectivity index (χ3v) is 2.17. The van der Waals surface area contributed by atoms with Crippen molar-refractivity contribution >= 4 is 10.9 Å². The number of nitrogens with zero attached hydrogens (tertiary/aromatic N) is 1. The van der Waals surface area contributed by atoms with Gasteiger partial charge >= 0.3 is 0 Å². The van der Waals surface area contributed by atoms with E-state index in [0.717, 1.165) is 17.5 Å². The molecule has 0 aliphatic rings. The number of phenolic OH excluding ortho intramolecular Hbond substituents is 1. The van der Waals surface area contributed by atoms with Crippen molar-refractivity contribution in [3.8, 4) is 5.75 Å². The zero-order valence-electron chi connectivity index (χ0n) is 7.99. The molecule has 4 N–H and O–H groups in total. The first kappa shape index (κ1) is 9.02. The maximum absolute atomic E-state index is 9.50. The van der Waals surface area contributed by atoms with Gasteiger partial charge in [0.1, 0.15) is 11.3 Å². The number of rotatable bonds is 2. The molecule has 2 rings (SSSR count). The quantitative estimate of drug-likeness (QED) is 0.666. The van der Waals surface area contributed by atoms with E-state index in [0.29, 0.717) is 5.52 Å². The van der Waals surface area contributed by atoms with Crippen LogP contribution in [0.25, 0.3) is 10.9 Å². The van der Waals surface area contributed by atoms with Crippen molar-refractivity contribution in [1.29, 1.82) is 0 Å². The number of nitrogens with one attached hydrogen (secondary N) is 1. The number of fused-ring (bicyclic) bond motifs is 1. The molecule has 4 nitrogen and oxygen atoms in total. The fourth-order valence-electron chi connectivity index (χ4n) is 1.55. The molecular weight excluding hydrogens is 178 g/mol. The van der Waals surface area contributed by atoms with Crippen LogP contribution < -0.4 is 5.73 Å². The summed E-state index contributed by atoms with van der Waals surface area (Å²) in [4.78, 5) is 0. The van der Waals surface area contributed by atoms with E-state index >= 15 is 0 Å². The first-order chi connectivity index (χ1) is 6.68. The predicted octanol–water partition coefficient (Wildman–Crippen LogP) is 1.16. The molecule has 1 unspecified atom stereocenters. The molecule has 0 aliphatic carbocycles. The van der Waals surface area contributed by atoms with Crippen molar-refractivity contribution in [2.45, 2.75) is 19.4 Å². The van der Waals surface area contributed by atoms with Crippen LogP contribution in [0.1, 0.15) is 12.6 Å². The zero-order valence-corrected chi connectivity index (χ0v) is 7.99. The molecule has 74 valence electrons. The highest BCUT2D eigenvalue weighted by Crippen LogP contribution is 2.24. The van der Waals surface area contributed by atoms with Gasteiger partial charge < -0.3 is 10.8 Å². The van der Waals surface area contributed by atoms with Crippen LogP contribution in [0, 0.1) is 0 Å². The summed E-state index contributed by atoms with van der Waals surface area (Å²) < 4.78 is 0. The third-order valence-electron chi connectivity index (χ3n) is 2.17. The van der Waals surface area contributed by atoms with Gasteiger partial charge in [-0.2, -0.15) is 5.10 Å². The van der Waals surface area contributed by atoms with Crippen LogP contribution in [-0.2, 0) is 6.42 Å². The SMILES string of the molecule is CC(N)Cc1[nH]nc2c(O)cccc12. The summed E-state index contributed by atoms with van der Waals surface area (Å²) in [5.41, 5.74) is 7.29. The Morgan fingerprint density at radius 1 is 1.57 bits per heavy atom. The second-order valence-electron chi connectivity index (χ2n) is 3.56. The summed E-state index contributed by atoms with van der Waals surface area (Å²) in [7, 11) is 0. The van der Waals surface area contributed by atoms with Crippen molar-refractivity contribution in [3.05, 3.63) is 23.9 Å². The number of phenols is 1. The van der Waals surface area contributed by atoms with Crippen LogP contribution in [0.3, 0.4) is 0 Å². The van der Waals surface area contributed by atoms with Crippen LogP contribution in [0.5, 0.6) is 5.75 Å². The Morgan fingerprint density at radius 2 is 2.36 bits per heavy atom. The number of aromatic nitrogens is 2. The fourth-order valence-corrected chi connectivity index (χ4v) is 1.55. The van der Waals surface area contributed by atoms with Crippen LogP contribution >= 0.6 is 0 Å². The molecule has 1 aromatic heterocycles. The molecule has 0 fully saturated rings. The number of H-pyrrole nitrogens is 1. The molecule has 14 heavy (non-hydrogen) atoms. The van der Waals surface area contributed by atoms with E-state index in [-0.39, 0.29) is 11.8 Å².